The monoisotopic (exact) mass is 488 g/mol. The predicted octanol–water partition coefficient (Wildman–Crippen LogP) is 5.42. The van der Waals surface area contributed by atoms with Crippen molar-refractivity contribution < 1.29 is 22.7 Å². The number of anilines is 2. The lowest BCUT2D eigenvalue weighted by molar-refractivity contribution is 0.102. The summed E-state index contributed by atoms with van der Waals surface area (Å²) in [6.45, 7) is 0. The summed E-state index contributed by atoms with van der Waals surface area (Å²) in [7, 11) is -0.736. The Morgan fingerprint density at radius 3 is 1.91 bits per heavy atom. The molecule has 0 aliphatic heterocycles. The average Bonchev–Trinajstić information content (AvgIpc) is 2.89. The molecule has 0 unspecified atom stereocenters. The zero-order valence-electron chi connectivity index (χ0n) is 19.2. The van der Waals surface area contributed by atoms with E-state index in [-0.39, 0.29) is 10.8 Å². The summed E-state index contributed by atoms with van der Waals surface area (Å²) in [6.07, 6.45) is 0. The van der Waals surface area contributed by atoms with Crippen molar-refractivity contribution in [3.63, 3.8) is 0 Å². The zero-order valence-corrected chi connectivity index (χ0v) is 20.0. The molecule has 4 rings (SSSR count). The number of carbonyl (C=O) groups is 1. The van der Waals surface area contributed by atoms with E-state index in [0.717, 1.165) is 11.1 Å². The second kappa shape index (κ2) is 10.3. The number of carbonyl (C=O) groups excluding carboxylic acids is 1. The van der Waals surface area contributed by atoms with E-state index in [0.29, 0.717) is 28.4 Å². The second-order valence-electron chi connectivity index (χ2n) is 7.60. The van der Waals surface area contributed by atoms with Gasteiger partial charge in [-0.3, -0.25) is 9.52 Å². The minimum absolute atomic E-state index is 0.146. The van der Waals surface area contributed by atoms with Gasteiger partial charge in [0.1, 0.15) is 0 Å². The number of benzene rings is 4. The van der Waals surface area contributed by atoms with Gasteiger partial charge in [-0.05, 0) is 59.7 Å². The molecule has 7 nitrogen and oxygen atoms in total. The molecule has 0 bridgehead atoms. The van der Waals surface area contributed by atoms with E-state index in [2.05, 4.69) is 10.0 Å². The molecule has 2 N–H and O–H groups in total. The summed E-state index contributed by atoms with van der Waals surface area (Å²) in [5.74, 6) is 0.701. The van der Waals surface area contributed by atoms with Crippen LogP contribution in [0.3, 0.4) is 0 Å². The molecule has 0 fully saturated rings. The molecule has 4 aromatic rings. The second-order valence-corrected chi connectivity index (χ2v) is 9.28. The van der Waals surface area contributed by atoms with Gasteiger partial charge in [0, 0.05) is 23.0 Å². The van der Waals surface area contributed by atoms with E-state index in [1.807, 2.05) is 30.3 Å². The third-order valence-electron chi connectivity index (χ3n) is 5.31. The van der Waals surface area contributed by atoms with Crippen molar-refractivity contribution >= 4 is 27.3 Å². The summed E-state index contributed by atoms with van der Waals surface area (Å²) in [5.41, 5.74) is 3.19. The van der Waals surface area contributed by atoms with Crippen LogP contribution in [0.25, 0.3) is 11.1 Å². The standard InChI is InChI=1S/C27H24N2O5S/c1-33-25-17-14-23(18-26(25)34-2)28-27(30)21-8-12-22(13-9-21)29-35(31,32)24-15-10-20(11-16-24)19-6-4-3-5-7-19/h3-18,29H,1-2H3,(H,28,30). The van der Waals surface area contributed by atoms with Crippen LogP contribution in [-0.4, -0.2) is 28.5 Å². The van der Waals surface area contributed by atoms with Crippen molar-refractivity contribution in [1.82, 2.24) is 0 Å². The van der Waals surface area contributed by atoms with Crippen LogP contribution < -0.4 is 19.5 Å². The molecule has 35 heavy (non-hydrogen) atoms. The van der Waals surface area contributed by atoms with Crippen molar-refractivity contribution in [3.05, 3.63) is 103 Å². The Bertz CT molecular complexity index is 1420. The van der Waals surface area contributed by atoms with Crippen molar-refractivity contribution in [2.75, 3.05) is 24.3 Å². The van der Waals surface area contributed by atoms with Crippen LogP contribution in [0.5, 0.6) is 11.5 Å². The van der Waals surface area contributed by atoms with Crippen LogP contribution in [0.4, 0.5) is 11.4 Å². The summed E-state index contributed by atoms with van der Waals surface area (Å²) >= 11 is 0. The van der Waals surface area contributed by atoms with Crippen molar-refractivity contribution in [1.29, 1.82) is 0 Å². The maximum atomic E-state index is 12.8. The van der Waals surface area contributed by atoms with Crippen LogP contribution in [0.1, 0.15) is 10.4 Å². The lowest BCUT2D eigenvalue weighted by Gasteiger charge is -2.11. The summed E-state index contributed by atoms with van der Waals surface area (Å²) in [5, 5.41) is 2.78. The third kappa shape index (κ3) is 5.62. The quantitative estimate of drug-likeness (QED) is 0.345. The molecule has 0 saturated heterocycles. The van der Waals surface area contributed by atoms with E-state index in [1.54, 1.807) is 66.7 Å². The maximum Gasteiger partial charge on any atom is 0.261 e. The molecule has 0 aliphatic carbocycles. The number of ether oxygens (including phenoxy) is 2. The fraction of sp³-hybridized carbons (Fsp3) is 0.0741. The molecule has 0 radical (unpaired) electrons. The molecule has 8 heteroatoms. The van der Waals surface area contributed by atoms with E-state index in [9.17, 15) is 13.2 Å². The molecular weight excluding hydrogens is 464 g/mol. The number of amides is 1. The number of methoxy groups -OCH3 is 2. The largest absolute Gasteiger partial charge is 0.493 e. The van der Waals surface area contributed by atoms with E-state index in [1.165, 1.54) is 14.2 Å². The summed E-state index contributed by atoms with van der Waals surface area (Å²) in [6, 6.07) is 27.6. The van der Waals surface area contributed by atoms with Crippen molar-refractivity contribution in [2.45, 2.75) is 4.90 Å². The van der Waals surface area contributed by atoms with Gasteiger partial charge in [-0.2, -0.15) is 0 Å². The molecule has 0 atom stereocenters. The van der Waals surface area contributed by atoms with Crippen molar-refractivity contribution in [2.24, 2.45) is 0 Å². The predicted molar refractivity (Wildman–Crippen MR) is 137 cm³/mol. The molecule has 0 spiro atoms. The minimum atomic E-state index is -3.78. The van der Waals surface area contributed by atoms with Gasteiger partial charge in [0.25, 0.3) is 15.9 Å². The Hall–Kier alpha value is -4.30. The summed E-state index contributed by atoms with van der Waals surface area (Å²) in [4.78, 5) is 12.8. The van der Waals surface area contributed by atoms with Crippen LogP contribution in [-0.2, 0) is 10.0 Å². The Morgan fingerprint density at radius 1 is 0.686 bits per heavy atom. The number of hydrogen-bond donors (Lipinski definition) is 2. The lowest BCUT2D eigenvalue weighted by atomic mass is 10.1. The minimum Gasteiger partial charge on any atom is -0.493 e. The fourth-order valence-electron chi connectivity index (χ4n) is 3.48. The highest BCUT2D eigenvalue weighted by Gasteiger charge is 2.15. The highest BCUT2D eigenvalue weighted by Crippen LogP contribution is 2.30. The fourth-order valence-corrected chi connectivity index (χ4v) is 4.54. The van der Waals surface area contributed by atoms with Crippen LogP contribution >= 0.6 is 0 Å². The number of sulfonamides is 1. The van der Waals surface area contributed by atoms with Gasteiger partial charge in [0.15, 0.2) is 11.5 Å². The molecule has 0 aliphatic rings. The first-order valence-corrected chi connectivity index (χ1v) is 12.2. The molecule has 0 heterocycles. The molecular formula is C27H24N2O5S. The van der Waals surface area contributed by atoms with Gasteiger partial charge in [-0.25, -0.2) is 8.42 Å². The smallest absolute Gasteiger partial charge is 0.261 e. The van der Waals surface area contributed by atoms with Crippen LogP contribution in [0.15, 0.2) is 102 Å². The van der Waals surface area contributed by atoms with E-state index < -0.39 is 10.0 Å². The molecule has 178 valence electrons. The SMILES string of the molecule is COc1ccc(NC(=O)c2ccc(NS(=O)(=O)c3ccc(-c4ccccc4)cc3)cc2)cc1OC. The Balaban J connectivity index is 1.43. The van der Waals surface area contributed by atoms with Crippen LogP contribution in [0, 0.1) is 0 Å². The van der Waals surface area contributed by atoms with Gasteiger partial charge in [0.05, 0.1) is 19.1 Å². The number of rotatable bonds is 8. The Labute approximate surface area is 204 Å². The van der Waals surface area contributed by atoms with Gasteiger partial charge in [0.2, 0.25) is 0 Å². The van der Waals surface area contributed by atoms with E-state index >= 15 is 0 Å². The molecule has 4 aromatic carbocycles. The van der Waals surface area contributed by atoms with Gasteiger partial charge < -0.3 is 14.8 Å². The summed E-state index contributed by atoms with van der Waals surface area (Å²) < 4.78 is 38.6. The Morgan fingerprint density at radius 2 is 1.29 bits per heavy atom. The van der Waals surface area contributed by atoms with Crippen LogP contribution in [0.2, 0.25) is 0 Å². The van der Waals surface area contributed by atoms with Gasteiger partial charge >= 0.3 is 0 Å². The highest BCUT2D eigenvalue weighted by atomic mass is 32.2. The zero-order chi connectivity index (χ0) is 24.8. The molecule has 0 saturated carbocycles. The first-order valence-electron chi connectivity index (χ1n) is 10.7. The average molecular weight is 489 g/mol. The lowest BCUT2D eigenvalue weighted by Crippen LogP contribution is -2.14. The first kappa shape index (κ1) is 23.8. The number of nitrogens with one attached hydrogen (secondary N) is 2. The highest BCUT2D eigenvalue weighted by molar-refractivity contribution is 7.92. The van der Waals surface area contributed by atoms with E-state index in [4.69, 9.17) is 9.47 Å². The Kier molecular flexibility index (Phi) is 7.03. The van der Waals surface area contributed by atoms with Gasteiger partial charge in [-0.15, -0.1) is 0 Å². The molecule has 0 aromatic heterocycles. The first-order chi connectivity index (χ1) is 16.9. The maximum absolute atomic E-state index is 12.8. The normalized spacial score (nSPS) is 10.9. The third-order valence-corrected chi connectivity index (χ3v) is 6.71. The number of hydrogen-bond acceptors (Lipinski definition) is 5. The van der Waals surface area contributed by atoms with Gasteiger partial charge in [-0.1, -0.05) is 42.5 Å². The molecule has 1 amide bonds. The topological polar surface area (TPSA) is 93.7 Å². The van der Waals surface area contributed by atoms with Crippen molar-refractivity contribution in [3.8, 4) is 22.6 Å².